The quantitative estimate of drug-likeness (QED) is 0.548. The number of carbonyl (C=O) groups excluding carboxylic acids is 1. The topological polar surface area (TPSA) is 59.3 Å². The van der Waals surface area contributed by atoms with Crippen molar-refractivity contribution >= 4 is 23.7 Å². The number of hydrogen-bond donors (Lipinski definition) is 1. The summed E-state index contributed by atoms with van der Waals surface area (Å²) in [7, 11) is 0. The highest BCUT2D eigenvalue weighted by Gasteiger charge is 2.07. The average molecular weight is 367 g/mol. The first-order valence-corrected chi connectivity index (χ1v) is 8.58. The number of hydrogen-bond acceptors (Lipinski definition) is 3. The van der Waals surface area contributed by atoms with Gasteiger partial charge in [-0.15, -0.1) is 0 Å². The molecule has 0 fully saturated rings. The third-order valence-electron chi connectivity index (χ3n) is 3.90. The van der Waals surface area contributed by atoms with Crippen LogP contribution in [0.3, 0.4) is 0 Å². The lowest BCUT2D eigenvalue weighted by Crippen LogP contribution is -2.18. The van der Waals surface area contributed by atoms with Crippen molar-refractivity contribution in [3.05, 3.63) is 87.7 Å². The van der Waals surface area contributed by atoms with Crippen LogP contribution >= 0.6 is 11.6 Å². The van der Waals surface area contributed by atoms with E-state index in [1.54, 1.807) is 12.1 Å². The Balaban J connectivity index is 1.68. The molecule has 6 heteroatoms. The van der Waals surface area contributed by atoms with Gasteiger partial charge in [-0.3, -0.25) is 9.48 Å². The summed E-state index contributed by atoms with van der Waals surface area (Å²) in [5.74, 6) is -0.275. The standard InChI is InChI=1S/C20H19ClN4O/c1-14-10-15(2)25(24-14)13-16-6-5-8-17(11-16)20(26)23-22-12-18-7-3-4-9-19(18)21/h3-12H,13H2,1-2H3,(H,23,26). The second-order valence-corrected chi connectivity index (χ2v) is 6.41. The number of benzene rings is 2. The zero-order valence-electron chi connectivity index (χ0n) is 14.6. The van der Waals surface area contributed by atoms with Gasteiger partial charge in [0.1, 0.15) is 0 Å². The van der Waals surface area contributed by atoms with Gasteiger partial charge in [-0.1, -0.05) is 41.9 Å². The van der Waals surface area contributed by atoms with E-state index in [9.17, 15) is 4.79 Å². The van der Waals surface area contributed by atoms with Crippen molar-refractivity contribution in [1.29, 1.82) is 0 Å². The molecule has 5 nitrogen and oxygen atoms in total. The third-order valence-corrected chi connectivity index (χ3v) is 4.24. The maximum absolute atomic E-state index is 12.3. The molecule has 1 aromatic heterocycles. The fourth-order valence-electron chi connectivity index (χ4n) is 2.62. The maximum Gasteiger partial charge on any atom is 0.271 e. The largest absolute Gasteiger partial charge is 0.271 e. The number of halogens is 1. The predicted octanol–water partition coefficient (Wildman–Crippen LogP) is 3.97. The van der Waals surface area contributed by atoms with Gasteiger partial charge in [0.2, 0.25) is 0 Å². The Morgan fingerprint density at radius 3 is 2.73 bits per heavy atom. The third kappa shape index (κ3) is 4.37. The fourth-order valence-corrected chi connectivity index (χ4v) is 2.81. The molecule has 0 bridgehead atoms. The van der Waals surface area contributed by atoms with Crippen LogP contribution in [0, 0.1) is 13.8 Å². The number of aryl methyl sites for hydroxylation is 2. The van der Waals surface area contributed by atoms with Crippen LogP contribution in [0.25, 0.3) is 0 Å². The first-order chi connectivity index (χ1) is 12.5. The fraction of sp³-hybridized carbons (Fsp3) is 0.150. The summed E-state index contributed by atoms with van der Waals surface area (Å²) in [6.45, 7) is 4.59. The summed E-state index contributed by atoms with van der Waals surface area (Å²) < 4.78 is 1.92. The lowest BCUT2D eigenvalue weighted by atomic mass is 10.1. The second kappa shape index (κ2) is 7.97. The van der Waals surface area contributed by atoms with Crippen LogP contribution in [0.1, 0.15) is 32.9 Å². The summed E-state index contributed by atoms with van der Waals surface area (Å²) in [5.41, 5.74) is 6.88. The van der Waals surface area contributed by atoms with E-state index in [4.69, 9.17) is 11.6 Å². The molecule has 0 atom stereocenters. The zero-order valence-corrected chi connectivity index (χ0v) is 15.4. The first kappa shape index (κ1) is 17.9. The summed E-state index contributed by atoms with van der Waals surface area (Å²) in [6.07, 6.45) is 1.53. The molecule has 0 aliphatic rings. The van der Waals surface area contributed by atoms with Crippen molar-refractivity contribution in [3.8, 4) is 0 Å². The smallest absolute Gasteiger partial charge is 0.267 e. The first-order valence-electron chi connectivity index (χ1n) is 8.21. The number of aromatic nitrogens is 2. The Morgan fingerprint density at radius 1 is 1.19 bits per heavy atom. The minimum absolute atomic E-state index is 0.275. The lowest BCUT2D eigenvalue weighted by molar-refractivity contribution is 0.0955. The summed E-state index contributed by atoms with van der Waals surface area (Å²) in [6, 6.07) is 16.8. The second-order valence-electron chi connectivity index (χ2n) is 6.01. The van der Waals surface area contributed by atoms with Crippen molar-refractivity contribution in [3.63, 3.8) is 0 Å². The lowest BCUT2D eigenvalue weighted by Gasteiger charge is -2.07. The Bertz CT molecular complexity index is 962. The van der Waals surface area contributed by atoms with Gasteiger partial charge in [0, 0.05) is 21.8 Å². The minimum Gasteiger partial charge on any atom is -0.267 e. The predicted molar refractivity (Wildman–Crippen MR) is 104 cm³/mol. The van der Waals surface area contributed by atoms with Gasteiger partial charge in [0.05, 0.1) is 18.5 Å². The average Bonchev–Trinajstić information content (AvgIpc) is 2.94. The maximum atomic E-state index is 12.3. The molecule has 0 aliphatic carbocycles. The summed E-state index contributed by atoms with van der Waals surface area (Å²) >= 11 is 6.06. The van der Waals surface area contributed by atoms with E-state index in [0.29, 0.717) is 17.1 Å². The number of nitrogens with zero attached hydrogens (tertiary/aromatic N) is 3. The molecule has 0 unspecified atom stereocenters. The SMILES string of the molecule is Cc1cc(C)n(Cc2cccc(C(=O)NN=Cc3ccccc3Cl)c2)n1. The molecule has 3 aromatic rings. The van der Waals surface area contributed by atoms with Crippen LogP contribution in [0.15, 0.2) is 59.7 Å². The molecule has 1 amide bonds. The van der Waals surface area contributed by atoms with Gasteiger partial charge in [-0.05, 0) is 43.7 Å². The van der Waals surface area contributed by atoms with Gasteiger partial charge < -0.3 is 0 Å². The van der Waals surface area contributed by atoms with Gasteiger partial charge in [0.25, 0.3) is 5.91 Å². The summed E-state index contributed by atoms with van der Waals surface area (Å²) in [5, 5.41) is 9.02. The van der Waals surface area contributed by atoms with Crippen molar-refractivity contribution in [2.45, 2.75) is 20.4 Å². The van der Waals surface area contributed by atoms with E-state index in [2.05, 4.69) is 15.6 Å². The van der Waals surface area contributed by atoms with E-state index >= 15 is 0 Å². The van der Waals surface area contributed by atoms with E-state index in [1.165, 1.54) is 6.21 Å². The van der Waals surface area contributed by atoms with E-state index in [0.717, 1.165) is 22.5 Å². The molecule has 1 heterocycles. The molecule has 0 radical (unpaired) electrons. The summed E-state index contributed by atoms with van der Waals surface area (Å²) in [4.78, 5) is 12.3. The molecule has 26 heavy (non-hydrogen) atoms. The Labute approximate surface area is 157 Å². The Kier molecular flexibility index (Phi) is 5.49. The number of amides is 1. The zero-order chi connectivity index (χ0) is 18.5. The van der Waals surface area contributed by atoms with Gasteiger partial charge in [-0.25, -0.2) is 5.43 Å². The van der Waals surface area contributed by atoms with Gasteiger partial charge >= 0.3 is 0 Å². The van der Waals surface area contributed by atoms with Crippen molar-refractivity contribution in [2.24, 2.45) is 5.10 Å². The van der Waals surface area contributed by atoms with E-state index < -0.39 is 0 Å². The molecule has 0 spiro atoms. The molecule has 0 saturated heterocycles. The van der Waals surface area contributed by atoms with E-state index in [1.807, 2.05) is 61.0 Å². The normalized spacial score (nSPS) is 11.0. The highest BCUT2D eigenvalue weighted by atomic mass is 35.5. The van der Waals surface area contributed by atoms with Crippen LogP contribution in [-0.2, 0) is 6.54 Å². The van der Waals surface area contributed by atoms with Crippen LogP contribution in [0.2, 0.25) is 5.02 Å². The van der Waals surface area contributed by atoms with Crippen molar-refractivity contribution < 1.29 is 4.79 Å². The molecule has 3 rings (SSSR count). The Hall–Kier alpha value is -2.92. The Morgan fingerprint density at radius 2 is 2.00 bits per heavy atom. The molecule has 0 saturated carbocycles. The van der Waals surface area contributed by atoms with Gasteiger partial charge in [0.15, 0.2) is 0 Å². The highest BCUT2D eigenvalue weighted by Crippen LogP contribution is 2.12. The highest BCUT2D eigenvalue weighted by molar-refractivity contribution is 6.33. The number of rotatable bonds is 5. The number of nitrogens with one attached hydrogen (secondary N) is 1. The van der Waals surface area contributed by atoms with Crippen molar-refractivity contribution in [1.82, 2.24) is 15.2 Å². The monoisotopic (exact) mass is 366 g/mol. The molecule has 132 valence electrons. The van der Waals surface area contributed by atoms with Crippen LogP contribution in [-0.4, -0.2) is 21.9 Å². The van der Waals surface area contributed by atoms with Crippen LogP contribution in [0.4, 0.5) is 0 Å². The van der Waals surface area contributed by atoms with Crippen LogP contribution in [0.5, 0.6) is 0 Å². The van der Waals surface area contributed by atoms with Crippen LogP contribution < -0.4 is 5.43 Å². The van der Waals surface area contributed by atoms with Crippen molar-refractivity contribution in [2.75, 3.05) is 0 Å². The van der Waals surface area contributed by atoms with Gasteiger partial charge in [-0.2, -0.15) is 10.2 Å². The number of hydrazone groups is 1. The molecular weight excluding hydrogens is 348 g/mol. The number of carbonyl (C=O) groups is 1. The molecule has 1 N–H and O–H groups in total. The molecule has 2 aromatic carbocycles. The molecular formula is C20H19ClN4O. The minimum atomic E-state index is -0.275. The molecule has 0 aliphatic heterocycles. The van der Waals surface area contributed by atoms with E-state index in [-0.39, 0.29) is 5.91 Å².